The third-order valence-corrected chi connectivity index (χ3v) is 3.78. The van der Waals surface area contributed by atoms with Gasteiger partial charge < -0.3 is 4.74 Å². The van der Waals surface area contributed by atoms with E-state index in [-0.39, 0.29) is 22.9 Å². The van der Waals surface area contributed by atoms with Gasteiger partial charge in [-0.25, -0.2) is 4.39 Å². The average molecular weight is 264 g/mol. The lowest BCUT2D eigenvalue weighted by Crippen LogP contribution is -2.34. The number of ketones is 1. The molecule has 1 aromatic rings. The SMILES string of the molecule is Cc1ccc(C(=O)C2CC(C)(C)OC2(C)C)c(F)c1. The third kappa shape index (κ3) is 2.71. The Kier molecular flexibility index (Phi) is 3.29. The first kappa shape index (κ1) is 14.2. The van der Waals surface area contributed by atoms with E-state index in [9.17, 15) is 9.18 Å². The Morgan fingerprint density at radius 3 is 2.42 bits per heavy atom. The number of aryl methyl sites for hydroxylation is 1. The number of ether oxygens (including phenoxy) is 1. The van der Waals surface area contributed by atoms with E-state index in [1.54, 1.807) is 12.1 Å². The summed E-state index contributed by atoms with van der Waals surface area (Å²) < 4.78 is 19.8. The molecule has 0 aromatic heterocycles. The van der Waals surface area contributed by atoms with Gasteiger partial charge in [0, 0.05) is 0 Å². The molecule has 2 nitrogen and oxygen atoms in total. The summed E-state index contributed by atoms with van der Waals surface area (Å²) in [5.41, 5.74) is 0.0874. The van der Waals surface area contributed by atoms with Crippen molar-refractivity contribution in [2.24, 2.45) is 5.92 Å². The summed E-state index contributed by atoms with van der Waals surface area (Å²) in [4.78, 5) is 12.6. The quantitative estimate of drug-likeness (QED) is 0.757. The topological polar surface area (TPSA) is 26.3 Å². The molecule has 1 fully saturated rings. The van der Waals surface area contributed by atoms with Crippen LogP contribution in [0.3, 0.4) is 0 Å². The van der Waals surface area contributed by atoms with Crippen LogP contribution in [0, 0.1) is 18.7 Å². The molecule has 1 aliphatic heterocycles. The molecule has 1 aromatic carbocycles. The van der Waals surface area contributed by atoms with Gasteiger partial charge in [-0.3, -0.25) is 4.79 Å². The van der Waals surface area contributed by atoms with Crippen LogP contribution in [-0.4, -0.2) is 17.0 Å². The van der Waals surface area contributed by atoms with Crippen LogP contribution in [-0.2, 0) is 4.74 Å². The predicted octanol–water partition coefficient (Wildman–Crippen LogP) is 3.91. The monoisotopic (exact) mass is 264 g/mol. The van der Waals surface area contributed by atoms with E-state index >= 15 is 0 Å². The zero-order valence-electron chi connectivity index (χ0n) is 12.2. The molecule has 0 saturated carbocycles. The second kappa shape index (κ2) is 4.41. The highest BCUT2D eigenvalue weighted by molar-refractivity contribution is 5.99. The number of carbonyl (C=O) groups excluding carboxylic acids is 1. The van der Waals surface area contributed by atoms with Crippen LogP contribution < -0.4 is 0 Å². The van der Waals surface area contributed by atoms with Gasteiger partial charge in [0.05, 0.1) is 22.7 Å². The Labute approximate surface area is 114 Å². The van der Waals surface area contributed by atoms with E-state index in [1.807, 2.05) is 34.6 Å². The van der Waals surface area contributed by atoms with Crippen LogP contribution in [0.5, 0.6) is 0 Å². The van der Waals surface area contributed by atoms with Crippen LogP contribution >= 0.6 is 0 Å². The van der Waals surface area contributed by atoms with E-state index in [0.717, 1.165) is 5.56 Å². The van der Waals surface area contributed by atoms with Crippen LogP contribution in [0.1, 0.15) is 50.0 Å². The fourth-order valence-corrected chi connectivity index (χ4v) is 2.98. The highest BCUT2D eigenvalue weighted by atomic mass is 19.1. The molecule has 0 aliphatic carbocycles. The minimum Gasteiger partial charge on any atom is -0.369 e. The van der Waals surface area contributed by atoms with Crippen molar-refractivity contribution in [1.82, 2.24) is 0 Å². The minimum atomic E-state index is -0.558. The summed E-state index contributed by atoms with van der Waals surface area (Å²) >= 11 is 0. The molecule has 3 heteroatoms. The maximum Gasteiger partial charge on any atom is 0.171 e. The van der Waals surface area contributed by atoms with E-state index < -0.39 is 11.4 Å². The van der Waals surface area contributed by atoms with Crippen molar-refractivity contribution in [3.63, 3.8) is 0 Å². The summed E-state index contributed by atoms with van der Waals surface area (Å²) in [6, 6.07) is 4.75. The van der Waals surface area contributed by atoms with Gasteiger partial charge in [-0.2, -0.15) is 0 Å². The summed E-state index contributed by atoms with van der Waals surface area (Å²) in [5, 5.41) is 0. The second-order valence-corrected chi connectivity index (χ2v) is 6.57. The number of hydrogen-bond acceptors (Lipinski definition) is 2. The smallest absolute Gasteiger partial charge is 0.171 e. The van der Waals surface area contributed by atoms with Crippen molar-refractivity contribution in [2.75, 3.05) is 0 Å². The average Bonchev–Trinajstić information content (AvgIpc) is 2.45. The van der Waals surface area contributed by atoms with Gasteiger partial charge in [0.1, 0.15) is 5.82 Å². The molecule has 0 N–H and O–H groups in total. The first-order valence-electron chi connectivity index (χ1n) is 6.63. The van der Waals surface area contributed by atoms with Crippen LogP contribution in [0.15, 0.2) is 18.2 Å². The molecule has 0 bridgehead atoms. The summed E-state index contributed by atoms with van der Waals surface area (Å²) in [7, 11) is 0. The van der Waals surface area contributed by atoms with Crippen molar-refractivity contribution >= 4 is 5.78 Å². The van der Waals surface area contributed by atoms with Crippen LogP contribution in [0.25, 0.3) is 0 Å². The first-order valence-corrected chi connectivity index (χ1v) is 6.63. The summed E-state index contributed by atoms with van der Waals surface area (Å²) in [5.74, 6) is -0.904. The maximum atomic E-state index is 13.9. The predicted molar refractivity (Wildman–Crippen MR) is 72.8 cm³/mol. The standard InChI is InChI=1S/C16H21FO2/c1-10-6-7-11(13(17)8-10)14(18)12-9-15(2,3)19-16(12,4)5/h6-8,12H,9H2,1-5H3. The Bertz CT molecular complexity index is 517. The normalized spacial score (nSPS) is 24.4. The molecule has 1 unspecified atom stereocenters. The van der Waals surface area contributed by atoms with E-state index in [0.29, 0.717) is 6.42 Å². The Morgan fingerprint density at radius 2 is 1.95 bits per heavy atom. The molecule has 19 heavy (non-hydrogen) atoms. The first-order chi connectivity index (χ1) is 8.62. The number of carbonyl (C=O) groups is 1. The van der Waals surface area contributed by atoms with Crippen LogP contribution in [0.4, 0.5) is 4.39 Å². The molecule has 2 rings (SSSR count). The highest BCUT2D eigenvalue weighted by Gasteiger charge is 2.49. The fraction of sp³-hybridized carbons (Fsp3) is 0.562. The van der Waals surface area contributed by atoms with E-state index in [4.69, 9.17) is 4.74 Å². The Morgan fingerprint density at radius 1 is 1.32 bits per heavy atom. The van der Waals surface area contributed by atoms with Crippen molar-refractivity contribution < 1.29 is 13.9 Å². The zero-order chi connectivity index (χ0) is 14.4. The number of rotatable bonds is 2. The van der Waals surface area contributed by atoms with E-state index in [2.05, 4.69) is 0 Å². The van der Waals surface area contributed by atoms with Crippen molar-refractivity contribution in [3.05, 3.63) is 35.1 Å². The molecular weight excluding hydrogens is 243 g/mol. The Balaban J connectivity index is 2.34. The largest absolute Gasteiger partial charge is 0.369 e. The van der Waals surface area contributed by atoms with Gasteiger partial charge in [0.15, 0.2) is 5.78 Å². The van der Waals surface area contributed by atoms with Crippen LogP contribution in [0.2, 0.25) is 0 Å². The number of Topliss-reactive ketones (excluding diaryl/α,β-unsaturated/α-hetero) is 1. The molecule has 1 atom stereocenters. The molecule has 0 amide bonds. The van der Waals surface area contributed by atoms with Gasteiger partial charge in [0.25, 0.3) is 0 Å². The van der Waals surface area contributed by atoms with Gasteiger partial charge in [0.2, 0.25) is 0 Å². The minimum absolute atomic E-state index is 0.159. The molecule has 0 spiro atoms. The van der Waals surface area contributed by atoms with Gasteiger partial charge in [-0.15, -0.1) is 0 Å². The third-order valence-electron chi connectivity index (χ3n) is 3.78. The maximum absolute atomic E-state index is 13.9. The Hall–Kier alpha value is -1.22. The zero-order valence-corrected chi connectivity index (χ0v) is 12.2. The van der Waals surface area contributed by atoms with Gasteiger partial charge in [-0.1, -0.05) is 6.07 Å². The van der Waals surface area contributed by atoms with Crippen molar-refractivity contribution in [2.45, 2.75) is 52.2 Å². The number of hydrogen-bond donors (Lipinski definition) is 0. The highest BCUT2D eigenvalue weighted by Crippen LogP contribution is 2.43. The van der Waals surface area contributed by atoms with Gasteiger partial charge >= 0.3 is 0 Å². The van der Waals surface area contributed by atoms with E-state index in [1.165, 1.54) is 6.07 Å². The lowest BCUT2D eigenvalue weighted by Gasteiger charge is -2.26. The second-order valence-electron chi connectivity index (χ2n) is 6.57. The molecule has 1 aliphatic rings. The molecule has 1 saturated heterocycles. The molecule has 104 valence electrons. The fourth-order valence-electron chi connectivity index (χ4n) is 2.98. The lowest BCUT2D eigenvalue weighted by molar-refractivity contribution is -0.0712. The molecule has 0 radical (unpaired) electrons. The molecule has 1 heterocycles. The number of benzene rings is 1. The number of halogens is 1. The van der Waals surface area contributed by atoms with Gasteiger partial charge in [-0.05, 0) is 58.7 Å². The summed E-state index contributed by atoms with van der Waals surface area (Å²) in [6.45, 7) is 9.54. The molecular formula is C16H21FO2. The lowest BCUT2D eigenvalue weighted by atomic mass is 9.81. The summed E-state index contributed by atoms with van der Waals surface area (Å²) in [6.07, 6.45) is 0.617. The van der Waals surface area contributed by atoms with Crippen molar-refractivity contribution in [3.8, 4) is 0 Å². The van der Waals surface area contributed by atoms with Crippen molar-refractivity contribution in [1.29, 1.82) is 0 Å².